The molecule has 2 heterocycles. The Hall–Kier alpha value is -4.40. The maximum absolute atomic E-state index is 13.6. The zero-order chi connectivity index (χ0) is 22.8. The van der Waals surface area contributed by atoms with Crippen molar-refractivity contribution < 1.29 is 0 Å². The molecule has 3 N–H and O–H groups in total. The van der Waals surface area contributed by atoms with Crippen LogP contribution in [-0.2, 0) is 0 Å². The van der Waals surface area contributed by atoms with Crippen LogP contribution in [0.15, 0.2) is 59.5 Å². The van der Waals surface area contributed by atoms with Gasteiger partial charge in [0.05, 0.1) is 40.3 Å². The zero-order valence-electron chi connectivity index (χ0n) is 16.9. The number of nitriles is 1. The van der Waals surface area contributed by atoms with Gasteiger partial charge in [0, 0.05) is 11.9 Å². The Balaban J connectivity index is 1.96. The van der Waals surface area contributed by atoms with Crippen LogP contribution in [0.3, 0.4) is 0 Å². The molecule has 0 saturated heterocycles. The minimum absolute atomic E-state index is 0.0245. The molecule has 1 atom stereocenters. The van der Waals surface area contributed by atoms with E-state index >= 15 is 0 Å². The van der Waals surface area contributed by atoms with Crippen LogP contribution in [0.4, 0.5) is 17.5 Å². The van der Waals surface area contributed by atoms with Crippen LogP contribution < -0.4 is 16.6 Å². The Bertz CT molecular complexity index is 1500. The Morgan fingerprint density at radius 1 is 1.28 bits per heavy atom. The van der Waals surface area contributed by atoms with E-state index < -0.39 is 6.04 Å². The molecular weight excluding hydrogens is 426 g/mol. The first kappa shape index (κ1) is 20.9. The summed E-state index contributed by atoms with van der Waals surface area (Å²) >= 11 is 6.35. The molecule has 4 aromatic rings. The fourth-order valence-electron chi connectivity index (χ4n) is 3.50. The third-order valence-corrected chi connectivity index (χ3v) is 5.28. The highest BCUT2D eigenvalue weighted by Gasteiger charge is 2.19. The number of nitrogens with one attached hydrogen (secondary N) is 1. The van der Waals surface area contributed by atoms with Crippen molar-refractivity contribution in [3.63, 3.8) is 0 Å². The molecule has 8 nitrogen and oxygen atoms in total. The standard InChI is InChI=1S/C23H16ClN7O/c1-13(29-21-18(27-2)12-28-23(26)30-21)19-10-15-6-4-8-17(24)20(15)22(32)31(19)16-7-3-5-14(9-16)11-25/h3-10,12-13H,1H3,(H3,26,28,29,30)/t13-/m0/s1. The first-order valence-electron chi connectivity index (χ1n) is 9.54. The lowest BCUT2D eigenvalue weighted by atomic mass is 10.1. The van der Waals surface area contributed by atoms with Crippen LogP contribution in [-0.4, -0.2) is 14.5 Å². The summed E-state index contributed by atoms with van der Waals surface area (Å²) in [6.45, 7) is 9.19. The summed E-state index contributed by atoms with van der Waals surface area (Å²) in [5.74, 6) is 0.285. The molecule has 0 amide bonds. The number of hydrogen-bond acceptors (Lipinski definition) is 6. The number of fused-ring (bicyclic) bond motifs is 1. The van der Waals surface area contributed by atoms with Crippen molar-refractivity contribution in [1.82, 2.24) is 14.5 Å². The van der Waals surface area contributed by atoms with Gasteiger partial charge in [-0.15, -0.1) is 0 Å². The van der Waals surface area contributed by atoms with Gasteiger partial charge in [0.2, 0.25) is 11.6 Å². The lowest BCUT2D eigenvalue weighted by molar-refractivity contribution is 0.773. The lowest BCUT2D eigenvalue weighted by Crippen LogP contribution is -2.26. The number of benzene rings is 2. The number of hydrogen-bond donors (Lipinski definition) is 2. The summed E-state index contributed by atoms with van der Waals surface area (Å²) in [4.78, 5) is 25.0. The van der Waals surface area contributed by atoms with Crippen molar-refractivity contribution in [3.05, 3.63) is 92.8 Å². The zero-order valence-corrected chi connectivity index (χ0v) is 17.6. The van der Waals surface area contributed by atoms with E-state index in [1.807, 2.05) is 19.1 Å². The van der Waals surface area contributed by atoms with Crippen LogP contribution >= 0.6 is 11.6 Å². The van der Waals surface area contributed by atoms with E-state index in [1.165, 1.54) is 10.8 Å². The van der Waals surface area contributed by atoms with Crippen molar-refractivity contribution >= 4 is 39.8 Å². The molecule has 0 aliphatic carbocycles. The molecule has 2 aromatic carbocycles. The van der Waals surface area contributed by atoms with Crippen LogP contribution in [0.2, 0.25) is 5.02 Å². The number of halogens is 1. The molecule has 32 heavy (non-hydrogen) atoms. The smallest absolute Gasteiger partial charge is 0.264 e. The number of anilines is 2. The second-order valence-corrected chi connectivity index (χ2v) is 7.42. The van der Waals surface area contributed by atoms with Crippen molar-refractivity contribution in [2.75, 3.05) is 11.1 Å². The minimum Gasteiger partial charge on any atom is -0.371 e. The van der Waals surface area contributed by atoms with Gasteiger partial charge in [0.25, 0.3) is 5.56 Å². The first-order valence-corrected chi connectivity index (χ1v) is 9.92. The van der Waals surface area contributed by atoms with Gasteiger partial charge in [-0.1, -0.05) is 29.8 Å². The molecule has 0 spiro atoms. The van der Waals surface area contributed by atoms with E-state index in [2.05, 4.69) is 26.2 Å². The maximum Gasteiger partial charge on any atom is 0.264 e. The highest BCUT2D eigenvalue weighted by Crippen LogP contribution is 2.30. The van der Waals surface area contributed by atoms with Gasteiger partial charge in [0.15, 0.2) is 0 Å². The van der Waals surface area contributed by atoms with E-state index in [1.54, 1.807) is 36.4 Å². The Morgan fingerprint density at radius 3 is 2.81 bits per heavy atom. The summed E-state index contributed by atoms with van der Waals surface area (Å²) in [7, 11) is 0. The van der Waals surface area contributed by atoms with Gasteiger partial charge in [-0.25, -0.2) is 14.8 Å². The van der Waals surface area contributed by atoms with E-state index in [4.69, 9.17) is 23.9 Å². The predicted octanol–water partition coefficient (Wildman–Crippen LogP) is 4.61. The fraction of sp³-hybridized carbons (Fsp3) is 0.0870. The summed E-state index contributed by atoms with van der Waals surface area (Å²) in [6.07, 6.45) is 1.34. The van der Waals surface area contributed by atoms with Gasteiger partial charge in [-0.05, 0) is 42.6 Å². The maximum atomic E-state index is 13.6. The molecule has 0 aliphatic rings. The predicted molar refractivity (Wildman–Crippen MR) is 124 cm³/mol. The number of pyridine rings is 1. The average molecular weight is 442 g/mol. The van der Waals surface area contributed by atoms with Gasteiger partial charge < -0.3 is 11.1 Å². The van der Waals surface area contributed by atoms with Crippen molar-refractivity contribution in [3.8, 4) is 11.8 Å². The SMILES string of the molecule is [C-]#[N+]c1cnc(N)nc1N[C@@H](C)c1cc2cccc(Cl)c2c(=O)n1-c1cccc(C#N)c1. The largest absolute Gasteiger partial charge is 0.371 e. The second kappa shape index (κ2) is 8.38. The van der Waals surface area contributed by atoms with Gasteiger partial charge >= 0.3 is 0 Å². The molecule has 0 bridgehead atoms. The second-order valence-electron chi connectivity index (χ2n) is 7.02. The van der Waals surface area contributed by atoms with E-state index in [9.17, 15) is 10.1 Å². The molecule has 9 heteroatoms. The van der Waals surface area contributed by atoms with Crippen LogP contribution in [0.1, 0.15) is 24.2 Å². The molecule has 0 radical (unpaired) electrons. The Labute approximate surface area is 188 Å². The van der Waals surface area contributed by atoms with E-state index in [-0.39, 0.29) is 23.0 Å². The highest BCUT2D eigenvalue weighted by atomic mass is 35.5. The molecule has 0 saturated carbocycles. The average Bonchev–Trinajstić information content (AvgIpc) is 2.79. The molecule has 2 aromatic heterocycles. The number of nitrogens with two attached hydrogens (primary N) is 1. The molecule has 0 fully saturated rings. The van der Waals surface area contributed by atoms with Crippen LogP contribution in [0.25, 0.3) is 21.3 Å². The minimum atomic E-state index is -0.466. The topological polar surface area (TPSA) is 114 Å². The monoisotopic (exact) mass is 441 g/mol. The lowest BCUT2D eigenvalue weighted by Gasteiger charge is -2.22. The third-order valence-electron chi connectivity index (χ3n) is 4.96. The Kier molecular flexibility index (Phi) is 5.46. The molecular formula is C23H16ClN7O. The van der Waals surface area contributed by atoms with E-state index in [0.29, 0.717) is 32.7 Å². The summed E-state index contributed by atoms with van der Waals surface area (Å²) < 4.78 is 1.51. The first-order chi connectivity index (χ1) is 15.4. The summed E-state index contributed by atoms with van der Waals surface area (Å²) in [5.41, 5.74) is 7.11. The molecule has 0 aliphatic heterocycles. The number of aromatic nitrogens is 3. The Morgan fingerprint density at radius 2 is 2.06 bits per heavy atom. The van der Waals surface area contributed by atoms with Gasteiger partial charge in [-0.2, -0.15) is 5.26 Å². The van der Waals surface area contributed by atoms with Gasteiger partial charge in [0.1, 0.15) is 5.82 Å². The fourth-order valence-corrected chi connectivity index (χ4v) is 3.76. The van der Waals surface area contributed by atoms with Crippen molar-refractivity contribution in [1.29, 1.82) is 5.26 Å². The van der Waals surface area contributed by atoms with Crippen LogP contribution in [0, 0.1) is 17.9 Å². The molecule has 156 valence electrons. The highest BCUT2D eigenvalue weighted by molar-refractivity contribution is 6.35. The van der Waals surface area contributed by atoms with E-state index in [0.717, 1.165) is 0 Å². The quantitative estimate of drug-likeness (QED) is 0.447. The van der Waals surface area contributed by atoms with Crippen LogP contribution in [0.5, 0.6) is 0 Å². The number of rotatable bonds is 4. The summed E-state index contributed by atoms with van der Waals surface area (Å²) in [5, 5.41) is 13.9. The van der Waals surface area contributed by atoms with Gasteiger partial charge in [-0.3, -0.25) is 9.36 Å². The molecule has 0 unspecified atom stereocenters. The third kappa shape index (κ3) is 3.71. The van der Waals surface area contributed by atoms with Crippen molar-refractivity contribution in [2.45, 2.75) is 13.0 Å². The molecule has 4 rings (SSSR count). The normalized spacial score (nSPS) is 11.5. The van der Waals surface area contributed by atoms with Crippen molar-refractivity contribution in [2.24, 2.45) is 0 Å². The summed E-state index contributed by atoms with van der Waals surface area (Å²) in [6, 6.07) is 15.5. The number of nitrogen functional groups attached to an aromatic ring is 1. The number of nitrogens with zero attached hydrogens (tertiary/aromatic N) is 5.